The van der Waals surface area contributed by atoms with Crippen LogP contribution in [0.25, 0.3) is 0 Å². The van der Waals surface area contributed by atoms with E-state index in [1.807, 2.05) is 27.7 Å². The van der Waals surface area contributed by atoms with E-state index >= 15 is 0 Å². The van der Waals surface area contributed by atoms with Gasteiger partial charge in [0.1, 0.15) is 17.4 Å². The Balaban J connectivity index is 3.23. The molecule has 1 rings (SSSR count). The SMILES string of the molecule is CC(C)c1cc(O)cc(C(C)C)c1C[C@H](NC(=O)OC(C)(C)C)C(=O)O. The molecule has 26 heavy (non-hydrogen) atoms. The standard InChI is InChI=1S/C20H31NO5/c1-11(2)14-8-13(22)9-15(12(3)4)16(14)10-17(18(23)24)21-19(25)26-20(5,6)7/h8-9,11-12,17,22H,10H2,1-7H3,(H,21,25)(H,23,24)/t17-/m0/s1. The molecule has 0 spiro atoms. The van der Waals surface area contributed by atoms with Crippen molar-refractivity contribution >= 4 is 12.1 Å². The first-order chi connectivity index (χ1) is 11.8. The number of ether oxygens (including phenoxy) is 1. The summed E-state index contributed by atoms with van der Waals surface area (Å²) in [5, 5.41) is 22.0. The van der Waals surface area contributed by atoms with Gasteiger partial charge in [0.05, 0.1) is 0 Å². The number of phenolic OH excluding ortho intramolecular Hbond substituents is 1. The second kappa shape index (κ2) is 8.43. The lowest BCUT2D eigenvalue weighted by Crippen LogP contribution is -2.45. The molecule has 0 heterocycles. The second-order valence-electron chi connectivity index (χ2n) is 8.15. The quantitative estimate of drug-likeness (QED) is 0.703. The number of carbonyl (C=O) groups is 2. The van der Waals surface area contributed by atoms with Gasteiger partial charge in [-0.05, 0) is 61.4 Å². The molecule has 1 aromatic carbocycles. The summed E-state index contributed by atoms with van der Waals surface area (Å²) in [5.41, 5.74) is 1.89. The van der Waals surface area contributed by atoms with Gasteiger partial charge in [-0.2, -0.15) is 0 Å². The van der Waals surface area contributed by atoms with Crippen LogP contribution in [-0.4, -0.2) is 33.9 Å². The van der Waals surface area contributed by atoms with E-state index in [1.54, 1.807) is 32.9 Å². The fourth-order valence-electron chi connectivity index (χ4n) is 2.82. The van der Waals surface area contributed by atoms with E-state index < -0.39 is 23.7 Å². The third-order valence-corrected chi connectivity index (χ3v) is 3.95. The first-order valence-electron chi connectivity index (χ1n) is 8.89. The Bertz CT molecular complexity index is 630. The summed E-state index contributed by atoms with van der Waals surface area (Å²) in [6.45, 7) is 13.1. The van der Waals surface area contributed by atoms with Gasteiger partial charge in [-0.25, -0.2) is 9.59 Å². The Morgan fingerprint density at radius 1 is 1.08 bits per heavy atom. The molecule has 1 amide bonds. The minimum atomic E-state index is -1.13. The summed E-state index contributed by atoms with van der Waals surface area (Å²) in [7, 11) is 0. The molecule has 0 aliphatic rings. The Labute approximate surface area is 155 Å². The number of hydrogen-bond acceptors (Lipinski definition) is 4. The molecule has 0 aromatic heterocycles. The van der Waals surface area contributed by atoms with Crippen molar-refractivity contribution in [1.29, 1.82) is 0 Å². The van der Waals surface area contributed by atoms with Gasteiger partial charge in [-0.15, -0.1) is 0 Å². The molecular formula is C20H31NO5. The average Bonchev–Trinajstić information content (AvgIpc) is 2.44. The van der Waals surface area contributed by atoms with Crippen LogP contribution in [0.4, 0.5) is 4.79 Å². The molecule has 0 aliphatic heterocycles. The third kappa shape index (κ3) is 6.24. The number of rotatable bonds is 6. The van der Waals surface area contributed by atoms with Crippen LogP contribution in [0, 0.1) is 0 Å². The van der Waals surface area contributed by atoms with Gasteiger partial charge in [0, 0.05) is 6.42 Å². The number of alkyl carbamates (subject to hydrolysis) is 1. The molecule has 1 aromatic rings. The van der Waals surface area contributed by atoms with Gasteiger partial charge < -0.3 is 20.3 Å². The lowest BCUT2D eigenvalue weighted by molar-refractivity contribution is -0.139. The maximum Gasteiger partial charge on any atom is 0.408 e. The van der Waals surface area contributed by atoms with Gasteiger partial charge >= 0.3 is 12.1 Å². The van der Waals surface area contributed by atoms with Gasteiger partial charge in [0.25, 0.3) is 0 Å². The molecule has 6 heteroatoms. The summed E-state index contributed by atoms with van der Waals surface area (Å²) in [4.78, 5) is 23.7. The number of aromatic hydroxyl groups is 1. The molecule has 0 fully saturated rings. The number of amides is 1. The number of aliphatic carboxylic acids is 1. The van der Waals surface area contributed by atoms with Crippen molar-refractivity contribution in [2.75, 3.05) is 0 Å². The highest BCUT2D eigenvalue weighted by molar-refractivity contribution is 5.80. The van der Waals surface area contributed by atoms with Crippen LogP contribution >= 0.6 is 0 Å². The number of hydrogen-bond donors (Lipinski definition) is 3. The van der Waals surface area contributed by atoms with Crippen LogP contribution in [0.5, 0.6) is 5.75 Å². The molecule has 146 valence electrons. The minimum Gasteiger partial charge on any atom is -0.508 e. The predicted octanol–water partition coefficient (Wildman–Crippen LogP) is 4.16. The Morgan fingerprint density at radius 2 is 1.54 bits per heavy atom. The van der Waals surface area contributed by atoms with Crippen molar-refractivity contribution in [2.45, 2.75) is 78.4 Å². The minimum absolute atomic E-state index is 0.102. The van der Waals surface area contributed by atoms with Crippen molar-refractivity contribution in [1.82, 2.24) is 5.32 Å². The van der Waals surface area contributed by atoms with Crippen LogP contribution < -0.4 is 5.32 Å². The number of benzene rings is 1. The first kappa shape index (κ1) is 21.8. The van der Waals surface area contributed by atoms with E-state index in [9.17, 15) is 19.8 Å². The Morgan fingerprint density at radius 3 is 1.88 bits per heavy atom. The molecule has 0 radical (unpaired) electrons. The number of carboxylic acid groups (broad SMARTS) is 1. The van der Waals surface area contributed by atoms with Crippen molar-refractivity contribution in [2.24, 2.45) is 0 Å². The van der Waals surface area contributed by atoms with E-state index in [0.29, 0.717) is 0 Å². The molecular weight excluding hydrogens is 334 g/mol. The highest BCUT2D eigenvalue weighted by Gasteiger charge is 2.27. The summed E-state index contributed by atoms with van der Waals surface area (Å²) in [5.74, 6) is -0.766. The fraction of sp³-hybridized carbons (Fsp3) is 0.600. The van der Waals surface area contributed by atoms with Gasteiger partial charge in [-0.3, -0.25) is 0 Å². The van der Waals surface area contributed by atoms with E-state index in [1.165, 1.54) is 0 Å². The average molecular weight is 365 g/mol. The van der Waals surface area contributed by atoms with Crippen molar-refractivity contribution in [3.8, 4) is 5.75 Å². The largest absolute Gasteiger partial charge is 0.508 e. The molecule has 0 bridgehead atoms. The monoisotopic (exact) mass is 365 g/mol. The van der Waals surface area contributed by atoms with E-state index in [0.717, 1.165) is 16.7 Å². The van der Waals surface area contributed by atoms with Gasteiger partial charge in [0.15, 0.2) is 0 Å². The molecule has 6 nitrogen and oxygen atoms in total. The lowest BCUT2D eigenvalue weighted by atomic mass is 9.85. The first-order valence-corrected chi connectivity index (χ1v) is 8.89. The van der Waals surface area contributed by atoms with E-state index in [2.05, 4.69) is 5.32 Å². The third-order valence-electron chi connectivity index (χ3n) is 3.95. The molecule has 3 N–H and O–H groups in total. The smallest absolute Gasteiger partial charge is 0.408 e. The second-order valence-corrected chi connectivity index (χ2v) is 8.15. The summed E-state index contributed by atoms with van der Waals surface area (Å²) < 4.78 is 5.18. The number of carbonyl (C=O) groups excluding carboxylic acids is 1. The topological polar surface area (TPSA) is 95.9 Å². The molecule has 0 saturated carbocycles. The summed E-state index contributed by atoms with van der Waals surface area (Å²) in [6, 6.07) is 2.21. The van der Waals surface area contributed by atoms with Crippen LogP contribution in [-0.2, 0) is 16.0 Å². The van der Waals surface area contributed by atoms with E-state index in [4.69, 9.17) is 4.74 Å². The lowest BCUT2D eigenvalue weighted by Gasteiger charge is -2.25. The predicted molar refractivity (Wildman–Crippen MR) is 101 cm³/mol. The molecule has 0 aliphatic carbocycles. The summed E-state index contributed by atoms with van der Waals surface area (Å²) >= 11 is 0. The maximum absolute atomic E-state index is 12.0. The summed E-state index contributed by atoms with van der Waals surface area (Å²) in [6.07, 6.45) is -0.642. The van der Waals surface area contributed by atoms with Gasteiger partial charge in [-0.1, -0.05) is 27.7 Å². The highest BCUT2D eigenvalue weighted by atomic mass is 16.6. The zero-order chi connectivity index (χ0) is 20.2. The van der Waals surface area contributed by atoms with Gasteiger partial charge in [0.2, 0.25) is 0 Å². The highest BCUT2D eigenvalue weighted by Crippen LogP contribution is 2.33. The zero-order valence-electron chi connectivity index (χ0n) is 16.7. The normalized spacial score (nSPS) is 13.0. The van der Waals surface area contributed by atoms with E-state index in [-0.39, 0.29) is 24.0 Å². The maximum atomic E-state index is 12.0. The van der Waals surface area contributed by atoms with Crippen LogP contribution in [0.1, 0.15) is 77.0 Å². The zero-order valence-corrected chi connectivity index (χ0v) is 16.7. The van der Waals surface area contributed by atoms with Crippen molar-refractivity contribution < 1.29 is 24.5 Å². The van der Waals surface area contributed by atoms with Crippen LogP contribution in [0.3, 0.4) is 0 Å². The Kier molecular flexibility index (Phi) is 7.07. The van der Waals surface area contributed by atoms with Crippen LogP contribution in [0.15, 0.2) is 12.1 Å². The Hall–Kier alpha value is -2.24. The van der Waals surface area contributed by atoms with Crippen molar-refractivity contribution in [3.05, 3.63) is 28.8 Å². The molecule has 1 atom stereocenters. The number of phenols is 1. The fourth-order valence-corrected chi connectivity index (χ4v) is 2.82. The molecule has 0 unspecified atom stereocenters. The van der Waals surface area contributed by atoms with Crippen LogP contribution in [0.2, 0.25) is 0 Å². The number of nitrogens with one attached hydrogen (secondary N) is 1. The van der Waals surface area contributed by atoms with Crippen molar-refractivity contribution in [3.63, 3.8) is 0 Å². The molecule has 0 saturated heterocycles. The number of carboxylic acids is 1.